The molecule has 0 amide bonds. The van der Waals surface area contributed by atoms with Crippen LogP contribution in [0.25, 0.3) is 0 Å². The molecular formula is C10H12INS. The first-order valence-corrected chi connectivity index (χ1v) is 7.88. The molecule has 1 nitrogen and oxygen atoms in total. The van der Waals surface area contributed by atoms with Gasteiger partial charge in [-0.25, -0.2) is 4.72 Å². The van der Waals surface area contributed by atoms with Gasteiger partial charge in [0.1, 0.15) is 0 Å². The predicted octanol–water partition coefficient (Wildman–Crippen LogP) is 3.65. The molecule has 0 saturated heterocycles. The highest BCUT2D eigenvalue weighted by Gasteiger charge is 2.18. The average Bonchev–Trinajstić information content (AvgIpc) is 2.19. The quantitative estimate of drug-likeness (QED) is 0.661. The molecule has 0 bridgehead atoms. The van der Waals surface area contributed by atoms with E-state index >= 15 is 0 Å². The van der Waals surface area contributed by atoms with E-state index in [0.717, 1.165) is 0 Å². The summed E-state index contributed by atoms with van der Waals surface area (Å²) in [6, 6.07) is 9.33. The first kappa shape index (κ1) is 9.80. The van der Waals surface area contributed by atoms with Crippen LogP contribution in [-0.2, 0) is 6.42 Å². The van der Waals surface area contributed by atoms with E-state index in [1.54, 1.807) is 9.12 Å². The molecule has 0 unspecified atom stereocenters. The van der Waals surface area contributed by atoms with Gasteiger partial charge in [0.25, 0.3) is 0 Å². The molecule has 3 heteroatoms. The Morgan fingerprint density at radius 2 is 2.23 bits per heavy atom. The van der Waals surface area contributed by atoms with Crippen LogP contribution in [-0.4, -0.2) is 0 Å². The molecule has 70 valence electrons. The molecule has 1 atom stereocenters. The molecule has 1 aliphatic carbocycles. The van der Waals surface area contributed by atoms with Gasteiger partial charge in [0.15, 0.2) is 0 Å². The van der Waals surface area contributed by atoms with Crippen molar-refractivity contribution in [2.75, 3.05) is 0 Å². The van der Waals surface area contributed by atoms with E-state index in [4.69, 9.17) is 0 Å². The second kappa shape index (κ2) is 4.66. The zero-order valence-corrected chi connectivity index (χ0v) is 10.3. The summed E-state index contributed by atoms with van der Waals surface area (Å²) in [6.07, 6.45) is 3.83. The molecule has 0 saturated carbocycles. The summed E-state index contributed by atoms with van der Waals surface area (Å²) in [4.78, 5) is 0. The highest BCUT2D eigenvalue weighted by molar-refractivity contribution is 14.2. The minimum atomic E-state index is 0.562. The number of hydrogen-bond acceptors (Lipinski definition) is 2. The molecule has 2 rings (SSSR count). The van der Waals surface area contributed by atoms with Gasteiger partial charge in [-0.05, 0) is 39.5 Å². The van der Waals surface area contributed by atoms with Crippen LogP contribution in [0, 0.1) is 0 Å². The van der Waals surface area contributed by atoms with Crippen LogP contribution < -0.4 is 4.72 Å². The Bertz CT molecular complexity index is 290. The van der Waals surface area contributed by atoms with Crippen molar-refractivity contribution < 1.29 is 0 Å². The minimum Gasteiger partial charge on any atom is -0.248 e. The van der Waals surface area contributed by atoms with Crippen LogP contribution >= 0.6 is 30.3 Å². The van der Waals surface area contributed by atoms with Gasteiger partial charge in [-0.2, -0.15) is 0 Å². The van der Waals surface area contributed by atoms with E-state index in [9.17, 15) is 0 Å². The number of hydrogen-bond donors (Lipinski definition) is 1. The van der Waals surface area contributed by atoms with Crippen molar-refractivity contribution >= 4 is 30.3 Å². The van der Waals surface area contributed by atoms with Gasteiger partial charge in [0.05, 0.1) is 0 Å². The lowest BCUT2D eigenvalue weighted by atomic mass is 9.88. The lowest BCUT2D eigenvalue weighted by Gasteiger charge is -2.24. The van der Waals surface area contributed by atoms with Gasteiger partial charge in [0.2, 0.25) is 0 Å². The molecule has 1 N–H and O–H groups in total. The van der Waals surface area contributed by atoms with E-state index in [-0.39, 0.29) is 0 Å². The first-order chi connectivity index (χ1) is 6.42. The SMILES string of the molecule is ISN[C@@H]1CCCc2ccccc21. The molecule has 0 heterocycles. The Morgan fingerprint density at radius 3 is 3.08 bits per heavy atom. The van der Waals surface area contributed by atoms with E-state index in [1.807, 2.05) is 0 Å². The Labute approximate surface area is 95.4 Å². The largest absolute Gasteiger partial charge is 0.248 e. The van der Waals surface area contributed by atoms with Gasteiger partial charge < -0.3 is 0 Å². The molecular weight excluding hydrogens is 293 g/mol. The van der Waals surface area contributed by atoms with E-state index in [1.165, 1.54) is 30.4 Å². The normalized spacial score (nSPS) is 21.2. The molecule has 13 heavy (non-hydrogen) atoms. The fraction of sp³-hybridized carbons (Fsp3) is 0.400. The molecule has 0 aliphatic heterocycles. The van der Waals surface area contributed by atoms with Crippen LogP contribution in [0.3, 0.4) is 0 Å². The van der Waals surface area contributed by atoms with Gasteiger partial charge in [-0.1, -0.05) is 24.3 Å². The first-order valence-electron chi connectivity index (χ1n) is 4.52. The smallest absolute Gasteiger partial charge is 0.0431 e. The molecule has 0 fully saturated rings. The number of nitrogens with one attached hydrogen (secondary N) is 1. The Hall–Kier alpha value is 0.260. The molecule has 0 radical (unpaired) electrons. The maximum atomic E-state index is 3.44. The number of halogens is 1. The summed E-state index contributed by atoms with van der Waals surface area (Å²) < 4.78 is 3.44. The van der Waals surface area contributed by atoms with Gasteiger partial charge in [0, 0.05) is 27.2 Å². The number of aryl methyl sites for hydroxylation is 1. The van der Waals surface area contributed by atoms with Gasteiger partial charge in [-0.15, -0.1) is 0 Å². The van der Waals surface area contributed by atoms with E-state index in [0.29, 0.717) is 6.04 Å². The maximum Gasteiger partial charge on any atom is 0.0431 e. The van der Waals surface area contributed by atoms with Crippen LogP contribution in [0.2, 0.25) is 0 Å². The standard InChI is InChI=1S/C10H12INS/c11-13-12-10-7-3-5-8-4-1-2-6-9(8)10/h1-2,4,6,10,12H,3,5,7H2/t10-/m1/s1. The molecule has 0 aromatic heterocycles. The number of rotatable bonds is 2. The van der Waals surface area contributed by atoms with Gasteiger partial charge >= 0.3 is 0 Å². The summed E-state index contributed by atoms with van der Waals surface area (Å²) in [6.45, 7) is 0. The second-order valence-corrected chi connectivity index (χ2v) is 5.05. The summed E-state index contributed by atoms with van der Waals surface area (Å²) in [7, 11) is 1.69. The van der Waals surface area contributed by atoms with Crippen molar-refractivity contribution in [2.45, 2.75) is 25.3 Å². The lowest BCUT2D eigenvalue weighted by Crippen LogP contribution is -2.18. The van der Waals surface area contributed by atoms with Crippen molar-refractivity contribution in [2.24, 2.45) is 0 Å². The Morgan fingerprint density at radius 1 is 1.38 bits per heavy atom. The predicted molar refractivity (Wildman–Crippen MR) is 66.9 cm³/mol. The van der Waals surface area contributed by atoms with Crippen molar-refractivity contribution in [3.8, 4) is 0 Å². The molecule has 1 aromatic carbocycles. The second-order valence-electron chi connectivity index (χ2n) is 3.34. The van der Waals surface area contributed by atoms with E-state index < -0.39 is 0 Å². The van der Waals surface area contributed by atoms with Crippen LogP contribution in [0.4, 0.5) is 0 Å². The molecule has 0 spiro atoms. The third-order valence-corrected chi connectivity index (χ3v) is 3.69. The van der Waals surface area contributed by atoms with Crippen LogP contribution in [0.5, 0.6) is 0 Å². The molecule has 1 aromatic rings. The number of fused-ring (bicyclic) bond motifs is 1. The fourth-order valence-electron chi connectivity index (χ4n) is 1.93. The number of benzene rings is 1. The van der Waals surface area contributed by atoms with Crippen molar-refractivity contribution in [3.63, 3.8) is 0 Å². The van der Waals surface area contributed by atoms with Crippen molar-refractivity contribution in [1.82, 2.24) is 4.72 Å². The fourth-order valence-corrected chi connectivity index (χ4v) is 3.20. The Balaban J connectivity index is 2.26. The third kappa shape index (κ3) is 2.19. The summed E-state index contributed by atoms with van der Waals surface area (Å²) in [5.41, 5.74) is 3.02. The van der Waals surface area contributed by atoms with Gasteiger partial charge in [-0.3, -0.25) is 0 Å². The minimum absolute atomic E-state index is 0.562. The highest BCUT2D eigenvalue weighted by atomic mass is 127. The van der Waals surface area contributed by atoms with Crippen LogP contribution in [0.15, 0.2) is 24.3 Å². The van der Waals surface area contributed by atoms with Crippen LogP contribution in [0.1, 0.15) is 30.0 Å². The van der Waals surface area contributed by atoms with Crippen molar-refractivity contribution in [3.05, 3.63) is 35.4 Å². The topological polar surface area (TPSA) is 12.0 Å². The molecule has 1 aliphatic rings. The monoisotopic (exact) mass is 305 g/mol. The summed E-state index contributed by atoms with van der Waals surface area (Å²) >= 11 is 2.29. The third-order valence-electron chi connectivity index (χ3n) is 2.56. The highest BCUT2D eigenvalue weighted by Crippen LogP contribution is 2.31. The maximum absolute atomic E-state index is 3.44. The Kier molecular flexibility index (Phi) is 3.51. The van der Waals surface area contributed by atoms with E-state index in [2.05, 4.69) is 50.2 Å². The zero-order valence-electron chi connectivity index (χ0n) is 7.29. The summed E-state index contributed by atoms with van der Waals surface area (Å²) in [5, 5.41) is 0. The van der Waals surface area contributed by atoms with Crippen molar-refractivity contribution in [1.29, 1.82) is 0 Å². The summed E-state index contributed by atoms with van der Waals surface area (Å²) in [5.74, 6) is 0. The average molecular weight is 305 g/mol. The zero-order chi connectivity index (χ0) is 9.10. The lowest BCUT2D eigenvalue weighted by molar-refractivity contribution is 0.545.